The zero-order chi connectivity index (χ0) is 26.5. The minimum Gasteiger partial charge on any atom is -0.481 e. The molecule has 12 heteroatoms. The number of carbonyl (C=O) groups excluding carboxylic acids is 3. The number of aliphatic imine (C=N–C) groups is 1. The second-order valence-corrected chi connectivity index (χ2v) is 8.61. The van der Waals surface area contributed by atoms with E-state index in [2.05, 4.69) is 27.9 Å². The maximum atomic E-state index is 12.4. The van der Waals surface area contributed by atoms with Gasteiger partial charge in [0.1, 0.15) is 6.04 Å². The summed E-state index contributed by atoms with van der Waals surface area (Å²) in [5.74, 6) is -3.07. The van der Waals surface area contributed by atoms with Gasteiger partial charge in [0.2, 0.25) is 17.7 Å². The van der Waals surface area contributed by atoms with E-state index in [1.807, 2.05) is 0 Å². The fourth-order valence-electron chi connectivity index (χ4n) is 3.35. The number of nitrogens with two attached hydrogens (primary N) is 3. The summed E-state index contributed by atoms with van der Waals surface area (Å²) in [5, 5.41) is 16.5. The van der Waals surface area contributed by atoms with E-state index in [0.717, 1.165) is 19.3 Å². The van der Waals surface area contributed by atoms with Gasteiger partial charge in [0.25, 0.3) is 0 Å². The van der Waals surface area contributed by atoms with Crippen molar-refractivity contribution in [3.8, 4) is 0 Å². The number of amides is 3. The Morgan fingerprint density at radius 1 is 0.857 bits per heavy atom. The largest absolute Gasteiger partial charge is 0.481 e. The van der Waals surface area contributed by atoms with Crippen molar-refractivity contribution < 1.29 is 24.3 Å². The lowest BCUT2D eigenvalue weighted by molar-refractivity contribution is -0.140. The number of rotatable bonds is 21. The number of carboxylic acids is 1. The number of nitrogens with zero attached hydrogens (tertiary/aromatic N) is 1. The lowest BCUT2D eigenvalue weighted by Crippen LogP contribution is -2.51. The highest BCUT2D eigenvalue weighted by molar-refractivity contribution is 5.92. The molecule has 0 radical (unpaired) electrons. The van der Waals surface area contributed by atoms with Gasteiger partial charge in [0.15, 0.2) is 5.96 Å². The molecule has 0 saturated carbocycles. The van der Waals surface area contributed by atoms with Gasteiger partial charge in [-0.15, -0.1) is 0 Å². The fraction of sp³-hybridized carbons (Fsp3) is 0.783. The van der Waals surface area contributed by atoms with Gasteiger partial charge in [-0.3, -0.25) is 24.2 Å². The van der Waals surface area contributed by atoms with Crippen molar-refractivity contribution in [1.29, 1.82) is 0 Å². The van der Waals surface area contributed by atoms with E-state index >= 15 is 0 Å². The van der Waals surface area contributed by atoms with Gasteiger partial charge in [-0.1, -0.05) is 58.3 Å². The van der Waals surface area contributed by atoms with Crippen LogP contribution in [0.2, 0.25) is 0 Å². The second-order valence-electron chi connectivity index (χ2n) is 8.61. The molecule has 0 aromatic carbocycles. The molecule has 202 valence electrons. The van der Waals surface area contributed by atoms with Crippen LogP contribution in [0.15, 0.2) is 4.99 Å². The number of carbonyl (C=O) groups is 4. The van der Waals surface area contributed by atoms with Crippen LogP contribution in [0.4, 0.5) is 0 Å². The molecule has 0 rings (SSSR count). The third-order valence-electron chi connectivity index (χ3n) is 5.34. The first kappa shape index (κ1) is 32.1. The lowest BCUT2D eigenvalue weighted by atomic mass is 10.1. The van der Waals surface area contributed by atoms with Gasteiger partial charge >= 0.3 is 5.97 Å². The Hall–Kier alpha value is -2.89. The van der Waals surface area contributed by atoms with Gasteiger partial charge in [0.05, 0.1) is 19.0 Å². The first-order valence-electron chi connectivity index (χ1n) is 12.5. The standard InChI is InChI=1S/C23H45N7O5/c1-2-3-4-5-6-7-8-9-10-13-27-22(35)18(15-20(32)33)30-19(31)16-29-21(34)17(24)12-11-14-28-23(25)26/h17-18H,2-16,24H2,1H3,(H,27,35)(H,29,34)(H,30,31)(H,32,33)(H4,25,26,28). The van der Waals surface area contributed by atoms with Crippen LogP contribution in [-0.2, 0) is 19.2 Å². The Balaban J connectivity index is 4.25. The molecule has 0 aliphatic rings. The molecule has 0 aromatic rings. The van der Waals surface area contributed by atoms with Gasteiger partial charge in [-0.05, 0) is 19.3 Å². The monoisotopic (exact) mass is 499 g/mol. The van der Waals surface area contributed by atoms with Crippen LogP contribution in [0.1, 0.15) is 84.0 Å². The van der Waals surface area contributed by atoms with E-state index in [4.69, 9.17) is 22.3 Å². The van der Waals surface area contributed by atoms with Crippen molar-refractivity contribution >= 4 is 29.7 Å². The molecule has 0 fully saturated rings. The molecule has 2 unspecified atom stereocenters. The van der Waals surface area contributed by atoms with Crippen molar-refractivity contribution in [2.75, 3.05) is 19.6 Å². The molecule has 2 atom stereocenters. The van der Waals surface area contributed by atoms with E-state index in [-0.39, 0.29) is 5.96 Å². The smallest absolute Gasteiger partial charge is 0.305 e. The van der Waals surface area contributed by atoms with E-state index in [9.17, 15) is 19.2 Å². The first-order chi connectivity index (χ1) is 16.7. The van der Waals surface area contributed by atoms with Crippen molar-refractivity contribution in [3.05, 3.63) is 0 Å². The molecule has 0 spiro atoms. The fourth-order valence-corrected chi connectivity index (χ4v) is 3.35. The predicted octanol–water partition coefficient (Wildman–Crippen LogP) is 0.0900. The first-order valence-corrected chi connectivity index (χ1v) is 12.5. The summed E-state index contributed by atoms with van der Waals surface area (Å²) in [4.78, 5) is 51.4. The number of hydrogen-bond donors (Lipinski definition) is 7. The summed E-state index contributed by atoms with van der Waals surface area (Å²) in [6.45, 7) is 2.50. The lowest BCUT2D eigenvalue weighted by Gasteiger charge is -2.17. The van der Waals surface area contributed by atoms with Gasteiger partial charge in [-0.2, -0.15) is 0 Å². The number of nitrogens with one attached hydrogen (secondary N) is 3. The van der Waals surface area contributed by atoms with Crippen molar-refractivity contribution in [3.63, 3.8) is 0 Å². The highest BCUT2D eigenvalue weighted by Crippen LogP contribution is 2.09. The van der Waals surface area contributed by atoms with Crippen molar-refractivity contribution in [1.82, 2.24) is 16.0 Å². The van der Waals surface area contributed by atoms with Gasteiger partial charge < -0.3 is 38.3 Å². The van der Waals surface area contributed by atoms with Crippen molar-refractivity contribution in [2.45, 2.75) is 96.1 Å². The summed E-state index contributed by atoms with van der Waals surface area (Å²) >= 11 is 0. The number of hydrogen-bond acceptors (Lipinski definition) is 6. The molecular weight excluding hydrogens is 454 g/mol. The normalized spacial score (nSPS) is 12.3. The van der Waals surface area contributed by atoms with E-state index < -0.39 is 48.7 Å². The van der Waals surface area contributed by atoms with Crippen LogP contribution in [0.25, 0.3) is 0 Å². The summed E-state index contributed by atoms with van der Waals surface area (Å²) in [5.41, 5.74) is 16.2. The van der Waals surface area contributed by atoms with Crippen LogP contribution in [0.3, 0.4) is 0 Å². The number of aliphatic carboxylic acids is 1. The van der Waals surface area contributed by atoms with Crippen LogP contribution in [-0.4, -0.2) is 66.5 Å². The average molecular weight is 500 g/mol. The molecule has 0 heterocycles. The zero-order valence-electron chi connectivity index (χ0n) is 21.0. The van der Waals surface area contributed by atoms with Crippen LogP contribution < -0.4 is 33.2 Å². The second kappa shape index (κ2) is 20.5. The van der Waals surface area contributed by atoms with Crippen molar-refractivity contribution in [2.24, 2.45) is 22.2 Å². The minimum atomic E-state index is -1.23. The molecule has 0 aliphatic carbocycles. The highest BCUT2D eigenvalue weighted by Gasteiger charge is 2.24. The predicted molar refractivity (Wildman–Crippen MR) is 135 cm³/mol. The molecule has 0 aliphatic heterocycles. The maximum Gasteiger partial charge on any atom is 0.305 e. The third kappa shape index (κ3) is 19.1. The molecule has 0 aromatic heterocycles. The van der Waals surface area contributed by atoms with Gasteiger partial charge in [0, 0.05) is 13.1 Å². The SMILES string of the molecule is CCCCCCCCCCCNC(=O)C(CC(=O)O)NC(=O)CNC(=O)C(N)CCCN=C(N)N. The summed E-state index contributed by atoms with van der Waals surface area (Å²) < 4.78 is 0. The molecule has 12 nitrogen and oxygen atoms in total. The molecule has 35 heavy (non-hydrogen) atoms. The Kier molecular flexibility index (Phi) is 18.8. The number of carboxylic acid groups (broad SMARTS) is 1. The average Bonchev–Trinajstić information content (AvgIpc) is 2.80. The summed E-state index contributed by atoms with van der Waals surface area (Å²) in [7, 11) is 0. The van der Waals surface area contributed by atoms with E-state index in [1.165, 1.54) is 38.5 Å². The van der Waals surface area contributed by atoms with Crippen LogP contribution in [0, 0.1) is 0 Å². The van der Waals surface area contributed by atoms with E-state index in [0.29, 0.717) is 25.9 Å². The Morgan fingerprint density at radius 2 is 1.46 bits per heavy atom. The number of unbranched alkanes of at least 4 members (excludes halogenated alkanes) is 8. The molecule has 0 bridgehead atoms. The van der Waals surface area contributed by atoms with Crippen LogP contribution in [0.5, 0.6) is 0 Å². The Labute approximate surface area is 208 Å². The topological polar surface area (TPSA) is 215 Å². The Morgan fingerprint density at radius 3 is 2.03 bits per heavy atom. The minimum absolute atomic E-state index is 0.0483. The van der Waals surface area contributed by atoms with Crippen LogP contribution >= 0.6 is 0 Å². The Bertz CT molecular complexity index is 669. The zero-order valence-corrected chi connectivity index (χ0v) is 21.0. The number of guanidine groups is 1. The molecule has 10 N–H and O–H groups in total. The maximum absolute atomic E-state index is 12.4. The van der Waals surface area contributed by atoms with E-state index in [1.54, 1.807) is 0 Å². The summed E-state index contributed by atoms with van der Waals surface area (Å²) in [6, 6.07) is -2.09. The van der Waals surface area contributed by atoms with Gasteiger partial charge in [-0.25, -0.2) is 0 Å². The highest BCUT2D eigenvalue weighted by atomic mass is 16.4. The summed E-state index contributed by atoms with van der Waals surface area (Å²) in [6.07, 6.45) is 10.5. The molecule has 3 amide bonds. The quantitative estimate of drug-likeness (QED) is 0.0650. The molecular formula is C23H45N7O5. The molecule has 0 saturated heterocycles. The third-order valence-corrected chi connectivity index (χ3v) is 5.34.